The van der Waals surface area contributed by atoms with Crippen molar-refractivity contribution >= 4 is 23.0 Å². The van der Waals surface area contributed by atoms with Gasteiger partial charge in [0.1, 0.15) is 5.92 Å². The van der Waals surface area contributed by atoms with Crippen molar-refractivity contribution in [2.75, 3.05) is 5.32 Å². The number of carbonyl (C=O) groups is 3. The SMILES string of the molecule is Cc1ccc(NC2=C3C(=O)c4ccccc4C(=O)C3C(=O)C=C2)cc1. The van der Waals surface area contributed by atoms with Crippen LogP contribution in [0.5, 0.6) is 0 Å². The lowest BCUT2D eigenvalue weighted by atomic mass is 9.73. The molecule has 4 nitrogen and oxygen atoms in total. The summed E-state index contributed by atoms with van der Waals surface area (Å²) in [6.45, 7) is 1.99. The summed E-state index contributed by atoms with van der Waals surface area (Å²) in [6, 6.07) is 14.3. The Kier molecular flexibility index (Phi) is 3.46. The van der Waals surface area contributed by atoms with Gasteiger partial charge >= 0.3 is 0 Å². The number of anilines is 1. The molecule has 0 fully saturated rings. The van der Waals surface area contributed by atoms with Crippen LogP contribution in [0.15, 0.2) is 72.0 Å². The second kappa shape index (κ2) is 5.67. The smallest absolute Gasteiger partial charge is 0.193 e. The highest BCUT2D eigenvalue weighted by Crippen LogP contribution is 2.35. The van der Waals surface area contributed by atoms with Crippen molar-refractivity contribution in [1.29, 1.82) is 0 Å². The molecule has 0 heterocycles. The summed E-state index contributed by atoms with van der Waals surface area (Å²) >= 11 is 0. The first-order valence-corrected chi connectivity index (χ1v) is 8.04. The molecule has 1 atom stereocenters. The molecule has 2 aliphatic rings. The van der Waals surface area contributed by atoms with Crippen molar-refractivity contribution in [3.05, 3.63) is 88.6 Å². The van der Waals surface area contributed by atoms with Crippen LogP contribution in [0, 0.1) is 12.8 Å². The number of Topliss-reactive ketones (excluding diaryl/α,β-unsaturated/α-hetero) is 2. The van der Waals surface area contributed by atoms with Crippen LogP contribution in [-0.4, -0.2) is 17.3 Å². The summed E-state index contributed by atoms with van der Waals surface area (Å²) < 4.78 is 0. The Bertz CT molecular complexity index is 980. The molecule has 0 radical (unpaired) electrons. The van der Waals surface area contributed by atoms with Crippen molar-refractivity contribution in [1.82, 2.24) is 0 Å². The van der Waals surface area contributed by atoms with E-state index in [4.69, 9.17) is 0 Å². The van der Waals surface area contributed by atoms with Crippen molar-refractivity contribution < 1.29 is 14.4 Å². The normalized spacial score (nSPS) is 18.9. The summed E-state index contributed by atoms with van der Waals surface area (Å²) in [4.78, 5) is 38.1. The minimum Gasteiger partial charge on any atom is -0.355 e. The lowest BCUT2D eigenvalue weighted by Crippen LogP contribution is -2.37. The van der Waals surface area contributed by atoms with Gasteiger partial charge in [0, 0.05) is 28.1 Å². The van der Waals surface area contributed by atoms with Crippen LogP contribution in [0.4, 0.5) is 5.69 Å². The number of hydrogen-bond donors (Lipinski definition) is 1. The quantitative estimate of drug-likeness (QED) is 0.857. The van der Waals surface area contributed by atoms with Crippen molar-refractivity contribution in [2.24, 2.45) is 5.92 Å². The first kappa shape index (κ1) is 15.3. The van der Waals surface area contributed by atoms with Gasteiger partial charge in [0.25, 0.3) is 0 Å². The van der Waals surface area contributed by atoms with Gasteiger partial charge in [0.15, 0.2) is 17.3 Å². The Morgan fingerprint density at radius 3 is 2.24 bits per heavy atom. The fourth-order valence-corrected chi connectivity index (χ4v) is 3.26. The zero-order valence-electron chi connectivity index (χ0n) is 13.6. The van der Waals surface area contributed by atoms with E-state index in [1.165, 1.54) is 6.08 Å². The molecule has 1 unspecified atom stereocenters. The van der Waals surface area contributed by atoms with Crippen LogP contribution in [0.25, 0.3) is 0 Å². The molecule has 122 valence electrons. The molecule has 0 aromatic heterocycles. The molecule has 0 amide bonds. The molecule has 0 bridgehead atoms. The minimum absolute atomic E-state index is 0.233. The standard InChI is InChI=1S/C21H15NO3/c1-12-6-8-13(9-7-12)22-16-10-11-17(23)19-18(16)20(24)14-4-2-3-5-15(14)21(19)25/h2-11,19,22H,1H3. The topological polar surface area (TPSA) is 63.2 Å². The molecule has 0 spiro atoms. The van der Waals surface area contributed by atoms with Crippen LogP contribution in [0.2, 0.25) is 0 Å². The Morgan fingerprint density at radius 1 is 0.840 bits per heavy atom. The first-order chi connectivity index (χ1) is 12.1. The Morgan fingerprint density at radius 2 is 1.52 bits per heavy atom. The van der Waals surface area contributed by atoms with E-state index in [1.54, 1.807) is 30.3 Å². The van der Waals surface area contributed by atoms with E-state index in [1.807, 2.05) is 31.2 Å². The van der Waals surface area contributed by atoms with Gasteiger partial charge in [0.05, 0.1) is 0 Å². The van der Waals surface area contributed by atoms with Crippen LogP contribution in [0.1, 0.15) is 26.3 Å². The number of aryl methyl sites for hydroxylation is 1. The molecule has 25 heavy (non-hydrogen) atoms. The van der Waals surface area contributed by atoms with Crippen molar-refractivity contribution in [3.63, 3.8) is 0 Å². The van der Waals surface area contributed by atoms with Gasteiger partial charge in [-0.2, -0.15) is 0 Å². The van der Waals surface area contributed by atoms with Crippen LogP contribution in [-0.2, 0) is 4.79 Å². The molecule has 4 rings (SSSR count). The van der Waals surface area contributed by atoms with Gasteiger partial charge in [-0.15, -0.1) is 0 Å². The van der Waals surface area contributed by atoms with E-state index in [9.17, 15) is 14.4 Å². The third kappa shape index (κ3) is 2.43. The maximum atomic E-state index is 13.0. The second-order valence-electron chi connectivity index (χ2n) is 6.23. The third-order valence-corrected chi connectivity index (χ3v) is 4.55. The van der Waals surface area contributed by atoms with Crippen LogP contribution in [0.3, 0.4) is 0 Å². The molecule has 4 heteroatoms. The second-order valence-corrected chi connectivity index (χ2v) is 6.23. The monoisotopic (exact) mass is 329 g/mol. The fourth-order valence-electron chi connectivity index (χ4n) is 3.26. The van der Waals surface area contributed by atoms with E-state index in [-0.39, 0.29) is 22.9 Å². The van der Waals surface area contributed by atoms with Crippen LogP contribution < -0.4 is 5.32 Å². The number of rotatable bonds is 2. The van der Waals surface area contributed by atoms with Gasteiger partial charge in [-0.1, -0.05) is 42.0 Å². The predicted molar refractivity (Wildman–Crippen MR) is 94.6 cm³/mol. The summed E-state index contributed by atoms with van der Waals surface area (Å²) in [6.07, 6.45) is 2.94. The zero-order valence-corrected chi connectivity index (χ0v) is 13.6. The average Bonchev–Trinajstić information content (AvgIpc) is 2.63. The lowest BCUT2D eigenvalue weighted by molar-refractivity contribution is -0.116. The molecule has 2 aromatic carbocycles. The molecule has 2 aromatic rings. The summed E-state index contributed by atoms with van der Waals surface area (Å²) in [5, 5.41) is 3.18. The predicted octanol–water partition coefficient (Wildman–Crippen LogP) is 3.50. The van der Waals surface area contributed by atoms with Gasteiger partial charge < -0.3 is 5.32 Å². The molecule has 0 aliphatic heterocycles. The molecular formula is C21H15NO3. The Balaban J connectivity index is 1.85. The molecule has 0 saturated heterocycles. The highest BCUT2D eigenvalue weighted by Gasteiger charge is 2.43. The minimum atomic E-state index is -1.06. The maximum Gasteiger partial charge on any atom is 0.193 e. The zero-order chi connectivity index (χ0) is 17.6. The molecular weight excluding hydrogens is 314 g/mol. The van der Waals surface area contributed by atoms with Crippen LogP contribution >= 0.6 is 0 Å². The number of ketones is 3. The van der Waals surface area contributed by atoms with Gasteiger partial charge in [-0.05, 0) is 31.2 Å². The highest BCUT2D eigenvalue weighted by molar-refractivity contribution is 6.31. The maximum absolute atomic E-state index is 13.0. The van der Waals surface area contributed by atoms with Gasteiger partial charge in [0.2, 0.25) is 0 Å². The van der Waals surface area contributed by atoms with E-state index in [2.05, 4.69) is 5.32 Å². The van der Waals surface area contributed by atoms with Gasteiger partial charge in [-0.3, -0.25) is 14.4 Å². The summed E-state index contributed by atoms with van der Waals surface area (Å²) in [5.74, 6) is -1.99. The third-order valence-electron chi connectivity index (χ3n) is 4.55. The van der Waals surface area contributed by atoms with E-state index < -0.39 is 5.92 Å². The number of carbonyl (C=O) groups excluding carboxylic acids is 3. The number of fused-ring (bicyclic) bond motifs is 2. The van der Waals surface area contributed by atoms with E-state index >= 15 is 0 Å². The largest absolute Gasteiger partial charge is 0.355 e. The Hall–Kier alpha value is -3.27. The summed E-state index contributed by atoms with van der Waals surface area (Å²) in [5.41, 5.74) is 3.32. The van der Waals surface area contributed by atoms with E-state index in [0.717, 1.165) is 11.3 Å². The van der Waals surface area contributed by atoms with E-state index in [0.29, 0.717) is 16.8 Å². The highest BCUT2D eigenvalue weighted by atomic mass is 16.2. The molecule has 1 N–H and O–H groups in total. The van der Waals surface area contributed by atoms with Gasteiger partial charge in [-0.25, -0.2) is 0 Å². The fraction of sp³-hybridized carbons (Fsp3) is 0.0952. The number of hydrogen-bond acceptors (Lipinski definition) is 4. The van der Waals surface area contributed by atoms with Crippen molar-refractivity contribution in [2.45, 2.75) is 6.92 Å². The number of nitrogens with one attached hydrogen (secondary N) is 1. The average molecular weight is 329 g/mol. The molecule has 0 saturated carbocycles. The Labute approximate surface area is 144 Å². The lowest BCUT2D eigenvalue weighted by Gasteiger charge is -2.28. The number of allylic oxidation sites excluding steroid dienone is 3. The summed E-state index contributed by atoms with van der Waals surface area (Å²) in [7, 11) is 0. The first-order valence-electron chi connectivity index (χ1n) is 8.04. The number of benzene rings is 2. The molecule has 2 aliphatic carbocycles. The van der Waals surface area contributed by atoms with Crippen molar-refractivity contribution in [3.8, 4) is 0 Å².